The van der Waals surface area contributed by atoms with Crippen LogP contribution in [-0.4, -0.2) is 51.9 Å². The Morgan fingerprint density at radius 2 is 2.00 bits per heavy atom. The highest BCUT2D eigenvalue weighted by molar-refractivity contribution is 5.75. The van der Waals surface area contributed by atoms with Gasteiger partial charge >= 0.3 is 0 Å². The van der Waals surface area contributed by atoms with Gasteiger partial charge in [-0.1, -0.05) is 12.1 Å². The van der Waals surface area contributed by atoms with Crippen LogP contribution in [0.2, 0.25) is 0 Å². The lowest BCUT2D eigenvalue weighted by molar-refractivity contribution is -0.119. The van der Waals surface area contributed by atoms with Crippen LogP contribution in [0.1, 0.15) is 12.2 Å². The van der Waals surface area contributed by atoms with Crippen LogP contribution in [0.5, 0.6) is 0 Å². The maximum atomic E-state index is 10.8. The van der Waals surface area contributed by atoms with E-state index in [1.807, 2.05) is 24.3 Å². The lowest BCUT2D eigenvalue weighted by atomic mass is 10.3. The van der Waals surface area contributed by atoms with Crippen molar-refractivity contribution in [2.45, 2.75) is 19.5 Å². The number of hydrogen-bond donors (Lipinski definition) is 0. The standard InChI is InChI=1S/C16H19N5O/c17-6-3-7-21-15-5-2-1-4-14(15)18-16(21)12-19-8-10-20(13-22)11-9-19/h1-2,4-5,13H,3,7-12H2. The van der Waals surface area contributed by atoms with Crippen molar-refractivity contribution in [3.8, 4) is 6.07 Å². The summed E-state index contributed by atoms with van der Waals surface area (Å²) in [4.78, 5) is 19.6. The molecule has 1 fully saturated rings. The molecule has 1 aromatic heterocycles. The average Bonchev–Trinajstić information content (AvgIpc) is 2.91. The number of nitrogens with zero attached hydrogens (tertiary/aromatic N) is 5. The summed E-state index contributed by atoms with van der Waals surface area (Å²) in [6, 6.07) is 10.2. The monoisotopic (exact) mass is 297 g/mol. The molecule has 1 aliphatic rings. The van der Waals surface area contributed by atoms with Gasteiger partial charge < -0.3 is 9.47 Å². The summed E-state index contributed by atoms with van der Waals surface area (Å²) < 4.78 is 2.14. The van der Waals surface area contributed by atoms with E-state index in [-0.39, 0.29) is 0 Å². The molecule has 2 aromatic rings. The summed E-state index contributed by atoms with van der Waals surface area (Å²) in [7, 11) is 0. The van der Waals surface area contributed by atoms with Crippen LogP contribution < -0.4 is 0 Å². The Morgan fingerprint density at radius 3 is 2.73 bits per heavy atom. The van der Waals surface area contributed by atoms with Crippen LogP contribution in [0.25, 0.3) is 11.0 Å². The number of hydrogen-bond acceptors (Lipinski definition) is 4. The molecule has 1 saturated heterocycles. The molecule has 3 rings (SSSR count). The third kappa shape index (κ3) is 2.95. The first kappa shape index (κ1) is 14.5. The molecule has 1 aliphatic heterocycles. The molecular formula is C16H19N5O. The molecule has 1 amide bonds. The van der Waals surface area contributed by atoms with Gasteiger partial charge in [-0.25, -0.2) is 4.98 Å². The van der Waals surface area contributed by atoms with Crippen molar-refractivity contribution in [3.63, 3.8) is 0 Å². The molecule has 6 nitrogen and oxygen atoms in total. The maximum absolute atomic E-state index is 10.8. The Hall–Kier alpha value is -2.39. The highest BCUT2D eigenvalue weighted by Gasteiger charge is 2.18. The number of nitriles is 1. The minimum Gasteiger partial charge on any atom is -0.343 e. The molecule has 0 atom stereocenters. The molecule has 22 heavy (non-hydrogen) atoms. The van der Waals surface area contributed by atoms with Crippen molar-refractivity contribution in [1.82, 2.24) is 19.4 Å². The second-order valence-electron chi connectivity index (χ2n) is 5.49. The molecule has 0 saturated carbocycles. The van der Waals surface area contributed by atoms with Crippen LogP contribution in [-0.2, 0) is 17.9 Å². The minimum atomic E-state index is 0.478. The molecule has 0 aliphatic carbocycles. The number of para-hydroxylation sites is 2. The third-order valence-electron chi connectivity index (χ3n) is 4.10. The molecule has 0 radical (unpaired) electrons. The van der Waals surface area contributed by atoms with Crippen molar-refractivity contribution >= 4 is 17.4 Å². The smallest absolute Gasteiger partial charge is 0.209 e. The van der Waals surface area contributed by atoms with E-state index in [0.29, 0.717) is 13.0 Å². The van der Waals surface area contributed by atoms with Gasteiger partial charge in [-0.2, -0.15) is 5.26 Å². The van der Waals surface area contributed by atoms with Crippen molar-refractivity contribution in [1.29, 1.82) is 5.26 Å². The minimum absolute atomic E-state index is 0.478. The summed E-state index contributed by atoms with van der Waals surface area (Å²) in [6.45, 7) is 4.68. The lowest BCUT2D eigenvalue weighted by Gasteiger charge is -2.32. The summed E-state index contributed by atoms with van der Waals surface area (Å²) >= 11 is 0. The number of rotatable bonds is 5. The quantitative estimate of drug-likeness (QED) is 0.779. The van der Waals surface area contributed by atoms with Gasteiger partial charge in [0.25, 0.3) is 0 Å². The van der Waals surface area contributed by atoms with Crippen LogP contribution in [0.3, 0.4) is 0 Å². The normalized spacial score (nSPS) is 15.9. The number of carbonyl (C=O) groups is 1. The van der Waals surface area contributed by atoms with Crippen LogP contribution in [0, 0.1) is 11.3 Å². The third-order valence-corrected chi connectivity index (χ3v) is 4.10. The average molecular weight is 297 g/mol. The fraction of sp³-hybridized carbons (Fsp3) is 0.438. The number of aromatic nitrogens is 2. The molecule has 1 aromatic carbocycles. The van der Waals surface area contributed by atoms with Crippen molar-refractivity contribution < 1.29 is 4.79 Å². The van der Waals surface area contributed by atoms with E-state index in [2.05, 4.69) is 15.5 Å². The molecular weight excluding hydrogens is 278 g/mol. The van der Waals surface area contributed by atoms with Gasteiger partial charge in [-0.15, -0.1) is 0 Å². The molecule has 0 spiro atoms. The van der Waals surface area contributed by atoms with E-state index in [0.717, 1.165) is 56.0 Å². The van der Waals surface area contributed by atoms with Crippen LogP contribution in [0.4, 0.5) is 0 Å². The van der Waals surface area contributed by atoms with Gasteiger partial charge in [0.05, 0.1) is 30.1 Å². The number of fused-ring (bicyclic) bond motifs is 1. The fourth-order valence-corrected chi connectivity index (χ4v) is 2.88. The lowest BCUT2D eigenvalue weighted by Crippen LogP contribution is -2.45. The predicted octanol–water partition coefficient (Wildman–Crippen LogP) is 1.22. The summed E-state index contributed by atoms with van der Waals surface area (Å²) in [5, 5.41) is 8.87. The number of imidazole rings is 1. The van der Waals surface area contributed by atoms with Crippen LogP contribution >= 0.6 is 0 Å². The predicted molar refractivity (Wildman–Crippen MR) is 82.9 cm³/mol. The zero-order valence-electron chi connectivity index (χ0n) is 12.5. The first-order valence-electron chi connectivity index (χ1n) is 7.54. The Morgan fingerprint density at radius 1 is 1.23 bits per heavy atom. The van der Waals surface area contributed by atoms with E-state index >= 15 is 0 Å². The molecule has 0 N–H and O–H groups in total. The van der Waals surface area contributed by atoms with Crippen molar-refractivity contribution in [2.24, 2.45) is 0 Å². The zero-order valence-corrected chi connectivity index (χ0v) is 12.5. The molecule has 0 unspecified atom stereocenters. The number of carbonyl (C=O) groups excluding carboxylic acids is 1. The summed E-state index contributed by atoms with van der Waals surface area (Å²) in [5.41, 5.74) is 2.06. The Labute approximate surface area is 129 Å². The largest absolute Gasteiger partial charge is 0.343 e. The Balaban J connectivity index is 1.80. The van der Waals surface area contributed by atoms with Gasteiger partial charge in [-0.05, 0) is 12.1 Å². The van der Waals surface area contributed by atoms with Gasteiger partial charge in [0.2, 0.25) is 6.41 Å². The summed E-state index contributed by atoms with van der Waals surface area (Å²) in [5.74, 6) is 0.996. The van der Waals surface area contributed by atoms with E-state index in [9.17, 15) is 4.79 Å². The second-order valence-corrected chi connectivity index (χ2v) is 5.49. The number of benzene rings is 1. The molecule has 114 valence electrons. The van der Waals surface area contributed by atoms with Gasteiger partial charge in [0.1, 0.15) is 5.82 Å². The number of amides is 1. The fourth-order valence-electron chi connectivity index (χ4n) is 2.88. The van der Waals surface area contributed by atoms with Crippen molar-refractivity contribution in [3.05, 3.63) is 30.1 Å². The second kappa shape index (κ2) is 6.58. The first-order chi connectivity index (χ1) is 10.8. The Kier molecular flexibility index (Phi) is 4.35. The Bertz CT molecular complexity index is 694. The van der Waals surface area contributed by atoms with Gasteiger partial charge in [0, 0.05) is 32.7 Å². The van der Waals surface area contributed by atoms with E-state index < -0.39 is 0 Å². The van der Waals surface area contributed by atoms with E-state index in [1.54, 1.807) is 4.90 Å². The van der Waals surface area contributed by atoms with E-state index in [4.69, 9.17) is 10.2 Å². The zero-order chi connectivity index (χ0) is 15.4. The molecule has 2 heterocycles. The van der Waals surface area contributed by atoms with Gasteiger partial charge in [-0.3, -0.25) is 9.69 Å². The van der Waals surface area contributed by atoms with E-state index in [1.165, 1.54) is 0 Å². The molecule has 0 bridgehead atoms. The summed E-state index contributed by atoms with van der Waals surface area (Å²) in [6.07, 6.45) is 1.39. The first-order valence-corrected chi connectivity index (χ1v) is 7.54. The van der Waals surface area contributed by atoms with Crippen molar-refractivity contribution in [2.75, 3.05) is 26.2 Å². The van der Waals surface area contributed by atoms with Crippen LogP contribution in [0.15, 0.2) is 24.3 Å². The number of aryl methyl sites for hydroxylation is 1. The highest BCUT2D eigenvalue weighted by Crippen LogP contribution is 2.18. The topological polar surface area (TPSA) is 65.2 Å². The maximum Gasteiger partial charge on any atom is 0.209 e. The highest BCUT2D eigenvalue weighted by atomic mass is 16.1. The molecule has 6 heteroatoms. The number of piperazine rings is 1. The SMILES string of the molecule is N#CCCn1c(CN2CCN(C=O)CC2)nc2ccccc21. The van der Waals surface area contributed by atoms with Gasteiger partial charge in [0.15, 0.2) is 0 Å².